The van der Waals surface area contributed by atoms with Crippen molar-refractivity contribution in [3.05, 3.63) is 71.4 Å². The second-order valence-corrected chi connectivity index (χ2v) is 5.34. The number of hydrogen-bond acceptors (Lipinski definition) is 4. The van der Waals surface area contributed by atoms with E-state index in [1.54, 1.807) is 0 Å². The van der Waals surface area contributed by atoms with Gasteiger partial charge in [0.2, 0.25) is 0 Å². The maximum absolute atomic E-state index is 5.83. The van der Waals surface area contributed by atoms with Gasteiger partial charge in [-0.2, -0.15) is 0 Å². The molecule has 0 radical (unpaired) electrons. The first-order valence-electron chi connectivity index (χ1n) is 7.35. The molecule has 2 heterocycles. The van der Waals surface area contributed by atoms with Crippen molar-refractivity contribution in [1.82, 2.24) is 10.2 Å². The maximum atomic E-state index is 5.83. The molecule has 4 rings (SSSR count). The van der Waals surface area contributed by atoms with Crippen LogP contribution < -0.4 is 9.47 Å². The fourth-order valence-electron chi connectivity index (χ4n) is 2.40. The Bertz CT molecular complexity index is 903. The lowest BCUT2D eigenvalue weighted by Gasteiger charge is -2.18. The van der Waals surface area contributed by atoms with Crippen LogP contribution in [0.15, 0.2) is 54.6 Å². The van der Waals surface area contributed by atoms with Gasteiger partial charge in [0.25, 0.3) is 5.88 Å². The van der Waals surface area contributed by atoms with E-state index in [4.69, 9.17) is 9.47 Å². The van der Waals surface area contributed by atoms with Gasteiger partial charge in [-0.3, -0.25) is 0 Å². The molecular formula is C19H14N2O2. The maximum Gasteiger partial charge on any atom is 0.282 e. The van der Waals surface area contributed by atoms with E-state index in [2.05, 4.69) is 29.3 Å². The van der Waals surface area contributed by atoms with Crippen molar-refractivity contribution in [2.24, 2.45) is 0 Å². The second kappa shape index (κ2) is 5.57. The molecule has 0 unspecified atom stereocenters. The Morgan fingerprint density at radius 1 is 0.783 bits per heavy atom. The summed E-state index contributed by atoms with van der Waals surface area (Å²) in [7, 11) is 0. The molecule has 2 aromatic carbocycles. The molecule has 4 nitrogen and oxygen atoms in total. The Balaban J connectivity index is 1.61. The lowest BCUT2D eigenvalue weighted by molar-refractivity contribution is 0.343. The van der Waals surface area contributed by atoms with Crippen LogP contribution in [-0.2, 0) is 0 Å². The summed E-state index contributed by atoms with van der Waals surface area (Å²) in [6.45, 7) is 2.07. The summed E-state index contributed by atoms with van der Waals surface area (Å²) < 4.78 is 11.5. The van der Waals surface area contributed by atoms with Gasteiger partial charge in [-0.05, 0) is 30.7 Å². The molecule has 3 aromatic rings. The van der Waals surface area contributed by atoms with Gasteiger partial charge in [0.15, 0.2) is 17.2 Å². The highest BCUT2D eigenvalue weighted by atomic mass is 16.6. The number of para-hydroxylation sites is 2. The quantitative estimate of drug-likeness (QED) is 0.531. The summed E-state index contributed by atoms with van der Waals surface area (Å²) in [5.41, 5.74) is 3.05. The zero-order chi connectivity index (χ0) is 15.6. The molecule has 4 heteroatoms. The van der Waals surface area contributed by atoms with Crippen LogP contribution >= 0.6 is 0 Å². The zero-order valence-corrected chi connectivity index (χ0v) is 12.6. The highest BCUT2D eigenvalue weighted by Crippen LogP contribution is 2.43. The summed E-state index contributed by atoms with van der Waals surface area (Å²) in [5.74, 6) is 2.29. The molecule has 0 bridgehead atoms. The van der Waals surface area contributed by atoms with Gasteiger partial charge in [-0.1, -0.05) is 48.0 Å². The van der Waals surface area contributed by atoms with Crippen LogP contribution in [0, 0.1) is 6.92 Å². The minimum absolute atomic E-state index is 0.386. The molecule has 0 spiro atoms. The van der Waals surface area contributed by atoms with Gasteiger partial charge in [0.05, 0.1) is 5.69 Å². The number of hydrogen-bond donors (Lipinski definition) is 0. The van der Waals surface area contributed by atoms with Gasteiger partial charge < -0.3 is 9.47 Å². The highest BCUT2D eigenvalue weighted by Gasteiger charge is 2.20. The molecule has 112 valence electrons. The minimum atomic E-state index is 0.386. The van der Waals surface area contributed by atoms with E-state index in [0.29, 0.717) is 28.8 Å². The van der Waals surface area contributed by atoms with Gasteiger partial charge >= 0.3 is 0 Å². The molecule has 23 heavy (non-hydrogen) atoms. The van der Waals surface area contributed by atoms with Gasteiger partial charge in [-0.25, -0.2) is 0 Å². The third-order valence-corrected chi connectivity index (χ3v) is 3.51. The first-order valence-corrected chi connectivity index (χ1v) is 7.35. The minimum Gasteiger partial charge on any atom is -0.448 e. The molecule has 0 saturated carbocycles. The smallest absolute Gasteiger partial charge is 0.282 e. The Kier molecular flexibility index (Phi) is 3.27. The predicted octanol–water partition coefficient (Wildman–Crippen LogP) is 4.85. The van der Waals surface area contributed by atoms with Crippen LogP contribution in [0.5, 0.6) is 23.1 Å². The first kappa shape index (κ1) is 13.5. The lowest BCUT2D eigenvalue weighted by Crippen LogP contribution is -2.02. The summed E-state index contributed by atoms with van der Waals surface area (Å²) in [6, 6.07) is 17.6. The Morgan fingerprint density at radius 3 is 2.43 bits per heavy atom. The first-order chi connectivity index (χ1) is 11.3. The number of aryl methyl sites for hydroxylation is 1. The van der Waals surface area contributed by atoms with Crippen LogP contribution in [0.1, 0.15) is 16.8 Å². The average Bonchev–Trinajstić information content (AvgIpc) is 2.58. The molecule has 0 amide bonds. The third-order valence-electron chi connectivity index (χ3n) is 3.51. The van der Waals surface area contributed by atoms with Gasteiger partial charge in [-0.15, -0.1) is 10.2 Å². The number of aromatic nitrogens is 2. The SMILES string of the molecule is Cc1cccc(/C=C/c2cc3c(nn2)Oc2ccccc2O3)c1. The van der Waals surface area contributed by atoms with Crippen molar-refractivity contribution in [3.8, 4) is 23.1 Å². The fourth-order valence-corrected chi connectivity index (χ4v) is 2.40. The van der Waals surface area contributed by atoms with Crippen molar-refractivity contribution in [2.75, 3.05) is 0 Å². The Labute approximate surface area is 134 Å². The largest absolute Gasteiger partial charge is 0.448 e. The van der Waals surface area contributed by atoms with Crippen molar-refractivity contribution in [3.63, 3.8) is 0 Å². The van der Waals surface area contributed by atoms with Crippen LogP contribution in [0.2, 0.25) is 0 Å². The van der Waals surface area contributed by atoms with Crippen LogP contribution in [-0.4, -0.2) is 10.2 Å². The van der Waals surface area contributed by atoms with E-state index in [9.17, 15) is 0 Å². The average molecular weight is 302 g/mol. The van der Waals surface area contributed by atoms with E-state index in [-0.39, 0.29) is 0 Å². The van der Waals surface area contributed by atoms with E-state index < -0.39 is 0 Å². The molecule has 0 aliphatic carbocycles. The molecule has 0 saturated heterocycles. The number of ether oxygens (including phenoxy) is 2. The van der Waals surface area contributed by atoms with E-state index in [1.807, 2.05) is 54.6 Å². The van der Waals surface area contributed by atoms with Crippen LogP contribution in [0.25, 0.3) is 12.2 Å². The number of rotatable bonds is 2. The van der Waals surface area contributed by atoms with Crippen molar-refractivity contribution >= 4 is 12.2 Å². The van der Waals surface area contributed by atoms with Gasteiger partial charge in [0.1, 0.15) is 0 Å². The third kappa shape index (κ3) is 2.79. The molecule has 0 fully saturated rings. The van der Waals surface area contributed by atoms with Crippen molar-refractivity contribution < 1.29 is 9.47 Å². The predicted molar refractivity (Wildman–Crippen MR) is 88.7 cm³/mol. The Morgan fingerprint density at radius 2 is 1.61 bits per heavy atom. The number of nitrogens with zero attached hydrogens (tertiary/aromatic N) is 2. The van der Waals surface area contributed by atoms with E-state index in [0.717, 1.165) is 5.56 Å². The topological polar surface area (TPSA) is 44.2 Å². The molecular weight excluding hydrogens is 288 g/mol. The normalized spacial score (nSPS) is 12.2. The standard InChI is InChI=1S/C19H14N2O2/c1-13-5-4-6-14(11-13)9-10-15-12-18-19(21-20-15)23-17-8-3-2-7-16(17)22-18/h2-12H,1H3/b10-9+. The fraction of sp³-hybridized carbons (Fsp3) is 0.0526. The lowest BCUT2D eigenvalue weighted by atomic mass is 10.1. The molecule has 1 aliphatic rings. The molecule has 1 aromatic heterocycles. The van der Waals surface area contributed by atoms with E-state index >= 15 is 0 Å². The zero-order valence-electron chi connectivity index (χ0n) is 12.6. The Hall–Kier alpha value is -3.14. The van der Waals surface area contributed by atoms with Gasteiger partial charge in [0, 0.05) is 6.07 Å². The van der Waals surface area contributed by atoms with Crippen LogP contribution in [0.4, 0.5) is 0 Å². The molecule has 0 atom stereocenters. The summed E-state index contributed by atoms with van der Waals surface area (Å²) in [6.07, 6.45) is 3.91. The van der Waals surface area contributed by atoms with E-state index in [1.165, 1.54) is 5.56 Å². The molecule has 0 N–H and O–H groups in total. The molecule has 1 aliphatic heterocycles. The number of benzene rings is 2. The highest BCUT2D eigenvalue weighted by molar-refractivity contribution is 5.69. The summed E-state index contributed by atoms with van der Waals surface area (Å²) in [4.78, 5) is 0. The monoisotopic (exact) mass is 302 g/mol. The van der Waals surface area contributed by atoms with Crippen molar-refractivity contribution in [1.29, 1.82) is 0 Å². The summed E-state index contributed by atoms with van der Waals surface area (Å²) in [5, 5.41) is 8.26. The summed E-state index contributed by atoms with van der Waals surface area (Å²) >= 11 is 0. The second-order valence-electron chi connectivity index (χ2n) is 5.34. The van der Waals surface area contributed by atoms with Crippen LogP contribution in [0.3, 0.4) is 0 Å². The number of fused-ring (bicyclic) bond motifs is 2. The van der Waals surface area contributed by atoms with Crippen molar-refractivity contribution in [2.45, 2.75) is 6.92 Å².